The van der Waals surface area contributed by atoms with Crippen LogP contribution in [-0.2, 0) is 0 Å². The summed E-state index contributed by atoms with van der Waals surface area (Å²) in [7, 11) is 0. The fraction of sp³-hybridized carbons (Fsp3) is 0.312. The first-order valence-electron chi connectivity index (χ1n) is 6.85. The Morgan fingerprint density at radius 1 is 1.00 bits per heavy atom. The molecule has 1 aliphatic carbocycles. The van der Waals surface area contributed by atoms with E-state index >= 15 is 0 Å². The van der Waals surface area contributed by atoms with Crippen molar-refractivity contribution in [3.8, 4) is 22.8 Å². The Labute approximate surface area is 116 Å². The molecule has 1 aromatic carbocycles. The number of hydrogen-bond acceptors (Lipinski definition) is 4. The Bertz CT molecular complexity index is 665. The van der Waals surface area contributed by atoms with E-state index in [-0.39, 0.29) is 0 Å². The second-order valence-electron chi connectivity index (χ2n) is 5.30. The second-order valence-corrected chi connectivity index (χ2v) is 5.30. The van der Waals surface area contributed by atoms with Crippen LogP contribution in [0, 0.1) is 0 Å². The quantitative estimate of drug-likeness (QED) is 0.779. The zero-order valence-electron chi connectivity index (χ0n) is 10.9. The molecule has 2 aliphatic rings. The third-order valence-electron chi connectivity index (χ3n) is 3.93. The molecule has 1 aromatic heterocycles. The first kappa shape index (κ1) is 11.6. The molecule has 0 unspecified atom stereocenters. The fourth-order valence-corrected chi connectivity index (χ4v) is 2.94. The molecule has 1 aliphatic heterocycles. The van der Waals surface area contributed by atoms with Crippen LogP contribution in [0.4, 0.5) is 0 Å². The van der Waals surface area contributed by atoms with Crippen LogP contribution < -0.4 is 9.47 Å². The van der Waals surface area contributed by atoms with Crippen LogP contribution in [0.15, 0.2) is 34.7 Å². The van der Waals surface area contributed by atoms with Gasteiger partial charge in [0.05, 0.1) is 0 Å². The van der Waals surface area contributed by atoms with E-state index in [1.807, 2.05) is 18.2 Å². The van der Waals surface area contributed by atoms with Gasteiger partial charge in [0, 0.05) is 18.4 Å². The van der Waals surface area contributed by atoms with Crippen LogP contribution in [0.3, 0.4) is 0 Å². The van der Waals surface area contributed by atoms with Crippen LogP contribution in [0.2, 0.25) is 0 Å². The number of benzene rings is 1. The average Bonchev–Trinajstić information content (AvgIpc) is 3.17. The molecule has 0 bridgehead atoms. The van der Waals surface area contributed by atoms with Crippen LogP contribution in [0.25, 0.3) is 11.3 Å². The Hall–Kier alpha value is -2.23. The van der Waals surface area contributed by atoms with E-state index in [2.05, 4.69) is 0 Å². The topological polar surface area (TPSA) is 48.7 Å². The number of furan rings is 1. The molecule has 1 spiro atoms. The maximum absolute atomic E-state index is 10.7. The Kier molecular flexibility index (Phi) is 2.39. The monoisotopic (exact) mass is 270 g/mol. The summed E-state index contributed by atoms with van der Waals surface area (Å²) in [5.74, 6) is 2.08. The van der Waals surface area contributed by atoms with Gasteiger partial charge in [-0.3, -0.25) is 4.79 Å². The highest BCUT2D eigenvalue weighted by atomic mass is 16.7. The van der Waals surface area contributed by atoms with Gasteiger partial charge in [0.15, 0.2) is 23.5 Å². The lowest BCUT2D eigenvalue weighted by atomic mass is 10.1. The van der Waals surface area contributed by atoms with E-state index in [0.29, 0.717) is 17.8 Å². The van der Waals surface area contributed by atoms with Gasteiger partial charge in [-0.25, -0.2) is 0 Å². The number of hydrogen-bond donors (Lipinski definition) is 0. The van der Waals surface area contributed by atoms with Gasteiger partial charge in [-0.15, -0.1) is 0 Å². The van der Waals surface area contributed by atoms with E-state index < -0.39 is 5.79 Å². The van der Waals surface area contributed by atoms with Crippen molar-refractivity contribution in [2.45, 2.75) is 31.5 Å². The lowest BCUT2D eigenvalue weighted by Crippen LogP contribution is -2.34. The zero-order valence-corrected chi connectivity index (χ0v) is 10.9. The molecule has 2 aromatic rings. The molecular weight excluding hydrogens is 256 g/mol. The van der Waals surface area contributed by atoms with Gasteiger partial charge >= 0.3 is 0 Å². The third-order valence-corrected chi connectivity index (χ3v) is 3.93. The van der Waals surface area contributed by atoms with Crippen molar-refractivity contribution in [2.75, 3.05) is 0 Å². The zero-order chi connectivity index (χ0) is 13.6. The highest BCUT2D eigenvalue weighted by Gasteiger charge is 2.44. The summed E-state index contributed by atoms with van der Waals surface area (Å²) < 4.78 is 17.4. The standard InChI is InChI=1S/C16H14O4/c17-10-12-4-6-13(18-12)11-3-5-14-15(9-11)20-16(19-14)7-1-2-8-16/h3-6,9-10H,1-2,7-8H2. The molecule has 0 atom stereocenters. The molecule has 2 heterocycles. The normalized spacial score (nSPS) is 18.6. The average molecular weight is 270 g/mol. The largest absolute Gasteiger partial charge is 0.453 e. The van der Waals surface area contributed by atoms with Gasteiger partial charge in [-0.2, -0.15) is 0 Å². The first-order chi connectivity index (χ1) is 9.78. The van der Waals surface area contributed by atoms with Crippen molar-refractivity contribution in [3.63, 3.8) is 0 Å². The van der Waals surface area contributed by atoms with Crippen molar-refractivity contribution in [3.05, 3.63) is 36.1 Å². The number of rotatable bonds is 2. The summed E-state index contributed by atoms with van der Waals surface area (Å²) in [6.07, 6.45) is 4.85. The van der Waals surface area contributed by atoms with Gasteiger partial charge < -0.3 is 13.9 Å². The predicted molar refractivity (Wildman–Crippen MR) is 72.0 cm³/mol. The summed E-state index contributed by atoms with van der Waals surface area (Å²) in [5, 5.41) is 0. The first-order valence-corrected chi connectivity index (χ1v) is 6.85. The van der Waals surface area contributed by atoms with Crippen LogP contribution in [0.5, 0.6) is 11.5 Å². The summed E-state index contributed by atoms with van der Waals surface area (Å²) in [4.78, 5) is 10.7. The van der Waals surface area contributed by atoms with Gasteiger partial charge in [0.2, 0.25) is 0 Å². The van der Waals surface area contributed by atoms with Crippen molar-refractivity contribution in [2.24, 2.45) is 0 Å². The molecule has 4 heteroatoms. The van der Waals surface area contributed by atoms with E-state index in [9.17, 15) is 4.79 Å². The summed E-state index contributed by atoms with van der Waals surface area (Å²) in [6, 6.07) is 9.18. The number of ether oxygens (including phenoxy) is 2. The predicted octanol–water partition coefficient (Wildman–Crippen LogP) is 3.80. The molecule has 0 radical (unpaired) electrons. The molecule has 4 nitrogen and oxygen atoms in total. The molecule has 1 saturated carbocycles. The molecule has 0 saturated heterocycles. The molecular formula is C16H14O4. The molecule has 20 heavy (non-hydrogen) atoms. The van der Waals surface area contributed by atoms with Gasteiger partial charge in [-0.1, -0.05) is 0 Å². The smallest absolute Gasteiger partial charge is 0.251 e. The van der Waals surface area contributed by atoms with Gasteiger partial charge in [-0.05, 0) is 43.2 Å². The van der Waals surface area contributed by atoms with Crippen LogP contribution >= 0.6 is 0 Å². The summed E-state index contributed by atoms with van der Waals surface area (Å²) in [5.41, 5.74) is 0.885. The van der Waals surface area contributed by atoms with Crippen molar-refractivity contribution >= 4 is 6.29 Å². The lowest BCUT2D eigenvalue weighted by Gasteiger charge is -2.21. The Balaban J connectivity index is 1.68. The molecule has 0 N–H and O–H groups in total. The van der Waals surface area contributed by atoms with E-state index in [4.69, 9.17) is 13.9 Å². The van der Waals surface area contributed by atoms with Crippen molar-refractivity contribution < 1.29 is 18.7 Å². The van der Waals surface area contributed by atoms with E-state index in [0.717, 1.165) is 42.7 Å². The van der Waals surface area contributed by atoms with Crippen LogP contribution in [0.1, 0.15) is 36.2 Å². The van der Waals surface area contributed by atoms with Crippen LogP contribution in [-0.4, -0.2) is 12.1 Å². The Morgan fingerprint density at radius 2 is 1.80 bits per heavy atom. The summed E-state index contributed by atoms with van der Waals surface area (Å²) in [6.45, 7) is 0. The number of carbonyl (C=O) groups is 1. The fourth-order valence-electron chi connectivity index (χ4n) is 2.94. The van der Waals surface area contributed by atoms with Gasteiger partial charge in [0.25, 0.3) is 5.79 Å². The number of carbonyl (C=O) groups excluding carboxylic acids is 1. The maximum Gasteiger partial charge on any atom is 0.251 e. The molecule has 0 amide bonds. The molecule has 1 fully saturated rings. The number of aldehydes is 1. The van der Waals surface area contributed by atoms with E-state index in [1.54, 1.807) is 12.1 Å². The lowest BCUT2D eigenvalue weighted by molar-refractivity contribution is -0.0716. The molecule has 4 rings (SSSR count). The third kappa shape index (κ3) is 1.72. The second kappa shape index (κ2) is 4.13. The van der Waals surface area contributed by atoms with Crippen molar-refractivity contribution in [1.82, 2.24) is 0 Å². The van der Waals surface area contributed by atoms with E-state index in [1.165, 1.54) is 0 Å². The minimum atomic E-state index is -0.446. The maximum atomic E-state index is 10.7. The SMILES string of the molecule is O=Cc1ccc(-c2ccc3c(c2)OC2(CCCC2)O3)o1. The van der Waals surface area contributed by atoms with Gasteiger partial charge in [0.1, 0.15) is 5.76 Å². The molecule has 102 valence electrons. The summed E-state index contributed by atoms with van der Waals surface area (Å²) >= 11 is 0. The van der Waals surface area contributed by atoms with Crippen molar-refractivity contribution in [1.29, 1.82) is 0 Å². The highest BCUT2D eigenvalue weighted by Crippen LogP contribution is 2.47. The Morgan fingerprint density at radius 3 is 2.55 bits per heavy atom. The highest BCUT2D eigenvalue weighted by molar-refractivity contribution is 5.73. The minimum Gasteiger partial charge on any atom is -0.453 e. The number of fused-ring (bicyclic) bond motifs is 1. The minimum absolute atomic E-state index is 0.324.